The number of fused-ring (bicyclic) bond motifs is 16. The second-order valence-corrected chi connectivity index (χ2v) is 24.6. The quantitative estimate of drug-likeness (QED) is 0.166. The van der Waals surface area contributed by atoms with Crippen molar-refractivity contribution in [3.8, 4) is 55.6 Å². The highest BCUT2D eigenvalue weighted by molar-refractivity contribution is 6.02. The Balaban J connectivity index is 1.03. The van der Waals surface area contributed by atoms with Gasteiger partial charge in [-0.3, -0.25) is 0 Å². The average molecular weight is 966 g/mol. The number of hydrogen-bond donors (Lipinski definition) is 0. The van der Waals surface area contributed by atoms with Crippen LogP contribution in [-0.4, -0.2) is 0 Å². The zero-order valence-electron chi connectivity index (χ0n) is 44.7. The molecule has 0 fully saturated rings. The molecule has 1 heteroatoms. The molecule has 0 bridgehead atoms. The molecule has 364 valence electrons. The van der Waals surface area contributed by atoms with Gasteiger partial charge in [0.05, 0.1) is 11.1 Å². The zero-order chi connectivity index (χ0) is 51.4. The SMILES string of the molecule is CC(C)(C)c1ccc2c(c1)C1(c3cc(C(C)(C)C)ccc3-2)c2ccccc2-c2c(N(c3ccc(-c4cccc5c4C(C)(C)c4ccccc4-5)cc3)c3ccc4c(c3)C(C)(c3ccccc3)c3ccccc3-4)cccc21. The fraction of sp³-hybridized carbons (Fsp3) is 0.189. The van der Waals surface area contributed by atoms with Crippen molar-refractivity contribution in [3.63, 3.8) is 0 Å². The number of benzene rings is 10. The molecule has 0 aliphatic heterocycles. The van der Waals surface area contributed by atoms with Gasteiger partial charge in [-0.25, -0.2) is 0 Å². The molecule has 1 spiro atoms. The Morgan fingerprint density at radius 3 is 1.47 bits per heavy atom. The molecule has 75 heavy (non-hydrogen) atoms. The van der Waals surface area contributed by atoms with Crippen LogP contribution in [0.15, 0.2) is 218 Å². The Labute approximate surface area is 444 Å². The molecule has 0 N–H and O–H groups in total. The molecule has 0 saturated carbocycles. The summed E-state index contributed by atoms with van der Waals surface area (Å²) in [7, 11) is 0. The maximum absolute atomic E-state index is 2.58. The lowest BCUT2D eigenvalue weighted by Gasteiger charge is -2.34. The van der Waals surface area contributed by atoms with Crippen LogP contribution < -0.4 is 4.90 Å². The fourth-order valence-electron chi connectivity index (χ4n) is 14.3. The first-order chi connectivity index (χ1) is 36.1. The molecular formula is C74H63N. The third-order valence-electron chi connectivity index (χ3n) is 18.1. The summed E-state index contributed by atoms with van der Waals surface area (Å²) in [5, 5.41) is 0. The second-order valence-electron chi connectivity index (χ2n) is 24.6. The number of anilines is 3. The van der Waals surface area contributed by atoms with Gasteiger partial charge in [0.25, 0.3) is 0 Å². The highest BCUT2D eigenvalue weighted by Gasteiger charge is 2.53. The first-order valence-electron chi connectivity index (χ1n) is 27.1. The molecule has 0 aromatic heterocycles. The van der Waals surface area contributed by atoms with Crippen molar-refractivity contribution in [3.05, 3.63) is 280 Å². The van der Waals surface area contributed by atoms with E-state index in [1.165, 1.54) is 123 Å². The first-order valence-corrected chi connectivity index (χ1v) is 27.1. The van der Waals surface area contributed by atoms with Gasteiger partial charge >= 0.3 is 0 Å². The third-order valence-corrected chi connectivity index (χ3v) is 18.1. The summed E-state index contributed by atoms with van der Waals surface area (Å²) < 4.78 is 0. The monoisotopic (exact) mass is 965 g/mol. The van der Waals surface area contributed by atoms with Gasteiger partial charge in [-0.2, -0.15) is 0 Å². The van der Waals surface area contributed by atoms with E-state index < -0.39 is 5.41 Å². The maximum Gasteiger partial charge on any atom is 0.0726 e. The molecule has 0 heterocycles. The molecule has 4 aliphatic rings. The highest BCUT2D eigenvalue weighted by Crippen LogP contribution is 2.66. The van der Waals surface area contributed by atoms with E-state index >= 15 is 0 Å². The Bertz CT molecular complexity index is 3940. The van der Waals surface area contributed by atoms with E-state index in [2.05, 4.69) is 286 Å². The molecular weight excluding hydrogens is 903 g/mol. The highest BCUT2D eigenvalue weighted by atomic mass is 15.1. The number of rotatable bonds is 5. The van der Waals surface area contributed by atoms with Crippen molar-refractivity contribution < 1.29 is 0 Å². The van der Waals surface area contributed by atoms with Crippen molar-refractivity contribution in [1.29, 1.82) is 0 Å². The van der Waals surface area contributed by atoms with E-state index in [1.54, 1.807) is 0 Å². The van der Waals surface area contributed by atoms with E-state index in [-0.39, 0.29) is 21.7 Å². The van der Waals surface area contributed by atoms with Gasteiger partial charge < -0.3 is 4.90 Å². The summed E-state index contributed by atoms with van der Waals surface area (Å²) in [6.07, 6.45) is 0. The van der Waals surface area contributed by atoms with Crippen molar-refractivity contribution in [1.82, 2.24) is 0 Å². The Hall–Kier alpha value is -8.00. The minimum absolute atomic E-state index is 0.0334. The van der Waals surface area contributed by atoms with E-state index in [9.17, 15) is 0 Å². The Kier molecular flexibility index (Phi) is 9.58. The minimum Gasteiger partial charge on any atom is -0.310 e. The lowest BCUT2D eigenvalue weighted by atomic mass is 9.69. The first kappa shape index (κ1) is 45.6. The summed E-state index contributed by atoms with van der Waals surface area (Å²) >= 11 is 0. The van der Waals surface area contributed by atoms with Gasteiger partial charge in [0.15, 0.2) is 0 Å². The van der Waals surface area contributed by atoms with Crippen LogP contribution in [0.3, 0.4) is 0 Å². The standard InChI is InChI=1S/C74H63N/c1-70(2,3)48-35-40-56-57-41-36-49(71(4,5)6)44-66(57)74(65(56)43-48)62-30-18-15-25-59(62)68-63(74)31-20-32-67(68)75(51-39-42-55-53-23-14-17-29-61(53)73(9,64(55)45-51)47-21-11-10-12-22-47)50-37-33-46(34-38-50)52-26-19-27-58-54-24-13-16-28-60(54)72(7,8)69(52)58/h10-45H,1-9H3. The van der Waals surface area contributed by atoms with Gasteiger partial charge in [0.1, 0.15) is 0 Å². The summed E-state index contributed by atoms with van der Waals surface area (Å²) in [5.41, 5.74) is 30.3. The predicted molar refractivity (Wildman–Crippen MR) is 315 cm³/mol. The van der Waals surface area contributed by atoms with Gasteiger partial charge in [-0.15, -0.1) is 0 Å². The van der Waals surface area contributed by atoms with Gasteiger partial charge in [0, 0.05) is 27.8 Å². The molecule has 0 saturated heterocycles. The number of hydrogen-bond acceptors (Lipinski definition) is 1. The van der Waals surface area contributed by atoms with Crippen molar-refractivity contribution in [2.75, 3.05) is 4.90 Å². The molecule has 0 amide bonds. The van der Waals surface area contributed by atoms with E-state index in [0.29, 0.717) is 0 Å². The van der Waals surface area contributed by atoms with Crippen LogP contribution in [-0.2, 0) is 27.1 Å². The topological polar surface area (TPSA) is 3.24 Å². The Morgan fingerprint density at radius 2 is 0.813 bits per heavy atom. The van der Waals surface area contributed by atoms with E-state index in [4.69, 9.17) is 0 Å². The summed E-state index contributed by atoms with van der Waals surface area (Å²) in [4.78, 5) is 2.58. The molecule has 10 aromatic carbocycles. The van der Waals surface area contributed by atoms with Crippen molar-refractivity contribution in [2.24, 2.45) is 0 Å². The van der Waals surface area contributed by atoms with Crippen molar-refractivity contribution >= 4 is 17.1 Å². The van der Waals surface area contributed by atoms with E-state index in [1.807, 2.05) is 0 Å². The second kappa shape index (κ2) is 15.8. The van der Waals surface area contributed by atoms with Crippen LogP contribution in [0.2, 0.25) is 0 Å². The van der Waals surface area contributed by atoms with E-state index in [0.717, 1.165) is 11.4 Å². The number of nitrogens with zero attached hydrogens (tertiary/aromatic N) is 1. The van der Waals surface area contributed by atoms with Crippen LogP contribution in [0.1, 0.15) is 124 Å². The molecule has 10 aromatic rings. The molecule has 4 aliphatic carbocycles. The normalized spacial score (nSPS) is 16.6. The summed E-state index contributed by atoms with van der Waals surface area (Å²) in [6.45, 7) is 21.3. The van der Waals surface area contributed by atoms with Crippen molar-refractivity contribution in [2.45, 2.75) is 89.4 Å². The zero-order valence-corrected chi connectivity index (χ0v) is 44.7. The molecule has 1 atom stereocenters. The molecule has 1 unspecified atom stereocenters. The van der Waals surface area contributed by atoms with Crippen LogP contribution in [0.5, 0.6) is 0 Å². The van der Waals surface area contributed by atoms with Gasteiger partial charge in [-0.05, 0) is 159 Å². The fourth-order valence-corrected chi connectivity index (χ4v) is 14.3. The minimum atomic E-state index is -0.534. The van der Waals surface area contributed by atoms with Crippen LogP contribution >= 0.6 is 0 Å². The third kappa shape index (κ3) is 6.25. The van der Waals surface area contributed by atoms with Crippen LogP contribution in [0.4, 0.5) is 17.1 Å². The van der Waals surface area contributed by atoms with Gasteiger partial charge in [0.2, 0.25) is 0 Å². The Morgan fingerprint density at radius 1 is 0.333 bits per heavy atom. The average Bonchev–Trinajstić information content (AvgIpc) is 4.29. The smallest absolute Gasteiger partial charge is 0.0726 e. The molecule has 1 nitrogen and oxygen atoms in total. The molecule has 14 rings (SSSR count). The lowest BCUT2D eigenvalue weighted by Crippen LogP contribution is -2.27. The predicted octanol–water partition coefficient (Wildman–Crippen LogP) is 19.4. The maximum atomic E-state index is 2.58. The van der Waals surface area contributed by atoms with Crippen LogP contribution in [0, 0.1) is 0 Å². The lowest BCUT2D eigenvalue weighted by molar-refractivity contribution is 0.586. The summed E-state index contributed by atoms with van der Waals surface area (Å²) in [6, 6.07) is 84.1. The summed E-state index contributed by atoms with van der Waals surface area (Å²) in [5.74, 6) is 0. The largest absolute Gasteiger partial charge is 0.310 e. The van der Waals surface area contributed by atoms with Crippen LogP contribution in [0.25, 0.3) is 55.6 Å². The molecule has 0 radical (unpaired) electrons. The van der Waals surface area contributed by atoms with Gasteiger partial charge in [-0.1, -0.05) is 243 Å².